The Morgan fingerprint density at radius 2 is 2.05 bits per heavy atom. The van der Waals surface area contributed by atoms with E-state index in [1.165, 1.54) is 50.8 Å². The summed E-state index contributed by atoms with van der Waals surface area (Å²) < 4.78 is 0. The number of benzene rings is 1. The summed E-state index contributed by atoms with van der Waals surface area (Å²) in [6.45, 7) is 2.64. The van der Waals surface area contributed by atoms with Gasteiger partial charge in [-0.2, -0.15) is 0 Å². The summed E-state index contributed by atoms with van der Waals surface area (Å²) in [6, 6.07) is 10.7. The molecule has 3 heteroatoms. The molecule has 3 aliphatic rings. The molecule has 1 N–H and O–H groups in total. The third-order valence-electron chi connectivity index (χ3n) is 5.51. The highest BCUT2D eigenvalue weighted by Crippen LogP contribution is 2.39. The van der Waals surface area contributed by atoms with Crippen LogP contribution in [-0.4, -0.2) is 36.1 Å². The maximum Gasteiger partial charge on any atom is 0.0408 e. The Kier molecular flexibility index (Phi) is 3.49. The van der Waals surface area contributed by atoms with E-state index in [9.17, 15) is 0 Å². The number of fused-ring (bicyclic) bond motifs is 1. The van der Waals surface area contributed by atoms with E-state index in [1.807, 2.05) is 6.07 Å². The second-order valence-electron chi connectivity index (χ2n) is 6.73. The van der Waals surface area contributed by atoms with Crippen LogP contribution in [0.15, 0.2) is 24.3 Å². The lowest BCUT2D eigenvalue weighted by Crippen LogP contribution is -2.49. The Hall–Kier alpha value is -0.570. The molecule has 0 amide bonds. The Balaban J connectivity index is 1.31. The van der Waals surface area contributed by atoms with Gasteiger partial charge in [0.1, 0.15) is 0 Å². The standard InChI is InChI=1S/C17H23ClN2/c18-14-4-1-3-12(9-14)13-10-15(11-13)19-16-6-8-20-7-2-5-17(16)20/h1,3-4,9,13,15-17,19H,2,5-8,10-11H2. The Morgan fingerprint density at radius 1 is 1.15 bits per heavy atom. The fraction of sp³-hybridized carbons (Fsp3) is 0.647. The lowest BCUT2D eigenvalue weighted by molar-refractivity contribution is 0.234. The van der Waals surface area contributed by atoms with E-state index in [1.54, 1.807) is 0 Å². The van der Waals surface area contributed by atoms with Gasteiger partial charge in [0.05, 0.1) is 0 Å². The van der Waals surface area contributed by atoms with Crippen molar-refractivity contribution < 1.29 is 0 Å². The molecule has 108 valence electrons. The Bertz CT molecular complexity index is 484. The molecule has 1 saturated carbocycles. The second kappa shape index (κ2) is 5.32. The highest BCUT2D eigenvalue weighted by atomic mass is 35.5. The predicted octanol–water partition coefficient (Wildman–Crippen LogP) is 3.41. The molecule has 1 aliphatic carbocycles. The van der Waals surface area contributed by atoms with Crippen molar-refractivity contribution >= 4 is 11.6 Å². The van der Waals surface area contributed by atoms with Crippen LogP contribution < -0.4 is 5.32 Å². The molecule has 2 atom stereocenters. The molecule has 0 aromatic heterocycles. The molecule has 0 bridgehead atoms. The van der Waals surface area contributed by atoms with E-state index in [-0.39, 0.29) is 0 Å². The van der Waals surface area contributed by atoms with Gasteiger partial charge in [-0.1, -0.05) is 23.7 Å². The van der Waals surface area contributed by atoms with Gasteiger partial charge in [0.15, 0.2) is 0 Å². The third-order valence-corrected chi connectivity index (χ3v) is 5.75. The Morgan fingerprint density at radius 3 is 2.90 bits per heavy atom. The molecule has 2 heterocycles. The molecule has 3 fully saturated rings. The lowest BCUT2D eigenvalue weighted by Gasteiger charge is -2.39. The summed E-state index contributed by atoms with van der Waals surface area (Å²) in [7, 11) is 0. The molecule has 0 spiro atoms. The third kappa shape index (κ3) is 2.38. The maximum atomic E-state index is 6.08. The largest absolute Gasteiger partial charge is 0.310 e. The van der Waals surface area contributed by atoms with Crippen LogP contribution in [0, 0.1) is 0 Å². The first kappa shape index (κ1) is 13.1. The van der Waals surface area contributed by atoms with Crippen LogP contribution >= 0.6 is 11.6 Å². The fourth-order valence-corrected chi connectivity index (χ4v) is 4.57. The van der Waals surface area contributed by atoms with Crippen LogP contribution in [-0.2, 0) is 0 Å². The van der Waals surface area contributed by atoms with Crippen molar-refractivity contribution in [3.63, 3.8) is 0 Å². The van der Waals surface area contributed by atoms with Crippen molar-refractivity contribution in [3.05, 3.63) is 34.9 Å². The van der Waals surface area contributed by atoms with Crippen molar-refractivity contribution in [2.75, 3.05) is 13.1 Å². The van der Waals surface area contributed by atoms with Crippen molar-refractivity contribution in [2.24, 2.45) is 0 Å². The van der Waals surface area contributed by atoms with Crippen LogP contribution in [0.4, 0.5) is 0 Å². The minimum Gasteiger partial charge on any atom is -0.310 e. The first-order valence-electron chi connectivity index (χ1n) is 8.05. The maximum absolute atomic E-state index is 6.08. The van der Waals surface area contributed by atoms with Crippen molar-refractivity contribution in [1.82, 2.24) is 10.2 Å². The van der Waals surface area contributed by atoms with Crippen molar-refractivity contribution in [2.45, 2.75) is 56.1 Å². The molecule has 2 saturated heterocycles. The average Bonchev–Trinajstić information content (AvgIpc) is 2.97. The van der Waals surface area contributed by atoms with E-state index in [2.05, 4.69) is 28.4 Å². The Labute approximate surface area is 126 Å². The highest BCUT2D eigenvalue weighted by Gasteiger charge is 2.40. The van der Waals surface area contributed by atoms with Crippen molar-refractivity contribution in [3.8, 4) is 0 Å². The lowest BCUT2D eigenvalue weighted by atomic mass is 9.75. The minimum atomic E-state index is 0.715. The topological polar surface area (TPSA) is 15.3 Å². The van der Waals surface area contributed by atoms with Gasteiger partial charge >= 0.3 is 0 Å². The average molecular weight is 291 g/mol. The summed E-state index contributed by atoms with van der Waals surface area (Å²) in [5.74, 6) is 0.715. The molecule has 1 aromatic carbocycles. The minimum absolute atomic E-state index is 0.715. The van der Waals surface area contributed by atoms with E-state index in [0.29, 0.717) is 5.92 Å². The quantitative estimate of drug-likeness (QED) is 0.918. The van der Waals surface area contributed by atoms with Gasteiger partial charge in [0.25, 0.3) is 0 Å². The number of rotatable bonds is 3. The zero-order valence-corrected chi connectivity index (χ0v) is 12.6. The highest BCUT2D eigenvalue weighted by molar-refractivity contribution is 6.30. The number of hydrogen-bond donors (Lipinski definition) is 1. The summed E-state index contributed by atoms with van der Waals surface area (Å²) in [5, 5.41) is 4.80. The van der Waals surface area contributed by atoms with E-state index in [0.717, 1.165) is 23.1 Å². The van der Waals surface area contributed by atoms with E-state index < -0.39 is 0 Å². The van der Waals surface area contributed by atoms with Gasteiger partial charge in [-0.15, -0.1) is 0 Å². The van der Waals surface area contributed by atoms with E-state index in [4.69, 9.17) is 11.6 Å². The van der Waals surface area contributed by atoms with Crippen molar-refractivity contribution in [1.29, 1.82) is 0 Å². The molecule has 2 aliphatic heterocycles. The zero-order valence-electron chi connectivity index (χ0n) is 11.9. The predicted molar refractivity (Wildman–Crippen MR) is 83.4 cm³/mol. The smallest absolute Gasteiger partial charge is 0.0408 e. The van der Waals surface area contributed by atoms with Gasteiger partial charge in [0.2, 0.25) is 0 Å². The normalized spacial score (nSPS) is 36.9. The summed E-state index contributed by atoms with van der Waals surface area (Å²) in [5.41, 5.74) is 1.42. The number of nitrogens with zero attached hydrogens (tertiary/aromatic N) is 1. The van der Waals surface area contributed by atoms with Gasteiger partial charge in [0, 0.05) is 29.7 Å². The molecule has 2 unspecified atom stereocenters. The van der Waals surface area contributed by atoms with Crippen LogP contribution in [0.5, 0.6) is 0 Å². The SMILES string of the molecule is Clc1cccc(C2CC(NC3CCN4CCCC34)C2)c1. The molecule has 0 radical (unpaired) electrons. The first-order valence-corrected chi connectivity index (χ1v) is 8.43. The first-order chi connectivity index (χ1) is 9.79. The van der Waals surface area contributed by atoms with Gasteiger partial charge < -0.3 is 5.32 Å². The number of nitrogens with one attached hydrogen (secondary N) is 1. The summed E-state index contributed by atoms with van der Waals surface area (Å²) in [4.78, 5) is 2.69. The van der Waals surface area contributed by atoms with Crippen LogP contribution in [0.3, 0.4) is 0 Å². The zero-order chi connectivity index (χ0) is 13.5. The molecule has 2 nitrogen and oxygen atoms in total. The monoisotopic (exact) mass is 290 g/mol. The van der Waals surface area contributed by atoms with Gasteiger partial charge in [-0.3, -0.25) is 4.90 Å². The summed E-state index contributed by atoms with van der Waals surface area (Å²) >= 11 is 6.08. The van der Waals surface area contributed by atoms with Gasteiger partial charge in [-0.05, 0) is 62.3 Å². The molecule has 20 heavy (non-hydrogen) atoms. The molecular formula is C17H23ClN2. The van der Waals surface area contributed by atoms with Crippen LogP contribution in [0.25, 0.3) is 0 Å². The number of halogens is 1. The molecular weight excluding hydrogens is 268 g/mol. The van der Waals surface area contributed by atoms with E-state index >= 15 is 0 Å². The van der Waals surface area contributed by atoms with Crippen LogP contribution in [0.2, 0.25) is 5.02 Å². The number of hydrogen-bond acceptors (Lipinski definition) is 2. The molecule has 1 aromatic rings. The fourth-order valence-electron chi connectivity index (χ4n) is 4.37. The van der Waals surface area contributed by atoms with Gasteiger partial charge in [-0.25, -0.2) is 0 Å². The summed E-state index contributed by atoms with van der Waals surface area (Å²) in [6.07, 6.45) is 6.72. The molecule has 4 rings (SSSR count). The van der Waals surface area contributed by atoms with Crippen LogP contribution in [0.1, 0.15) is 43.6 Å². The second-order valence-corrected chi connectivity index (χ2v) is 7.16.